The molecule has 2 aromatic carbocycles. The quantitative estimate of drug-likeness (QED) is 0.552. The van der Waals surface area contributed by atoms with E-state index in [0.717, 1.165) is 15.2 Å². The highest BCUT2D eigenvalue weighted by Crippen LogP contribution is 2.25. The monoisotopic (exact) mass is 400 g/mol. The minimum atomic E-state index is -0.271. The van der Waals surface area contributed by atoms with Crippen molar-refractivity contribution in [3.05, 3.63) is 53.5 Å². The van der Waals surface area contributed by atoms with E-state index in [1.54, 1.807) is 35.6 Å². The van der Waals surface area contributed by atoms with E-state index >= 15 is 0 Å². The number of para-hydroxylation sites is 1. The van der Waals surface area contributed by atoms with Crippen LogP contribution >= 0.6 is 23.1 Å². The average molecular weight is 401 g/mol. The first kappa shape index (κ1) is 19.2. The van der Waals surface area contributed by atoms with Crippen molar-refractivity contribution in [2.24, 2.45) is 0 Å². The smallest absolute Gasteiger partial charge is 0.319 e. The Bertz CT molecular complexity index is 909. The van der Waals surface area contributed by atoms with Gasteiger partial charge >= 0.3 is 6.03 Å². The molecule has 0 radical (unpaired) electrons. The number of carbonyl (C=O) groups excluding carboxylic acids is 2. The number of amides is 3. The Labute approximate surface area is 165 Å². The van der Waals surface area contributed by atoms with Gasteiger partial charge in [-0.3, -0.25) is 4.79 Å². The number of rotatable bonds is 7. The molecule has 1 heterocycles. The second kappa shape index (κ2) is 9.38. The molecule has 3 N–H and O–H groups in total. The van der Waals surface area contributed by atoms with Crippen molar-refractivity contribution in [1.82, 2.24) is 10.3 Å². The maximum atomic E-state index is 12.2. The lowest BCUT2D eigenvalue weighted by Crippen LogP contribution is -2.28. The molecule has 0 bridgehead atoms. The Morgan fingerprint density at radius 3 is 2.63 bits per heavy atom. The molecule has 3 rings (SSSR count). The van der Waals surface area contributed by atoms with Crippen LogP contribution in [0, 0.1) is 0 Å². The summed E-state index contributed by atoms with van der Waals surface area (Å²) >= 11 is 3.18. The average Bonchev–Trinajstić information content (AvgIpc) is 3.05. The molecular formula is C19H20N4O2S2. The van der Waals surface area contributed by atoms with Gasteiger partial charge in [0.2, 0.25) is 5.91 Å². The molecule has 140 valence electrons. The number of hydrogen-bond donors (Lipinski definition) is 3. The first-order chi connectivity index (χ1) is 13.1. The molecule has 0 atom stereocenters. The van der Waals surface area contributed by atoms with Crippen LogP contribution in [0.3, 0.4) is 0 Å². The van der Waals surface area contributed by atoms with Gasteiger partial charge in [0.1, 0.15) is 5.01 Å². The van der Waals surface area contributed by atoms with E-state index in [-0.39, 0.29) is 11.9 Å². The van der Waals surface area contributed by atoms with Crippen LogP contribution in [0.25, 0.3) is 10.2 Å². The van der Waals surface area contributed by atoms with Gasteiger partial charge in [-0.1, -0.05) is 18.2 Å². The molecule has 6 nitrogen and oxygen atoms in total. The van der Waals surface area contributed by atoms with Crippen molar-refractivity contribution in [2.75, 3.05) is 22.9 Å². The molecule has 0 fully saturated rings. The molecular weight excluding hydrogens is 380 g/mol. The van der Waals surface area contributed by atoms with Crippen molar-refractivity contribution in [3.8, 4) is 0 Å². The SMILES string of the molecule is CCNC(=O)Nc1cccc(NC(=O)CSCc2nc3ccccc3s2)c1. The summed E-state index contributed by atoms with van der Waals surface area (Å²) in [6.07, 6.45) is 0. The minimum Gasteiger partial charge on any atom is -0.338 e. The van der Waals surface area contributed by atoms with Crippen molar-refractivity contribution in [1.29, 1.82) is 0 Å². The van der Waals surface area contributed by atoms with Gasteiger partial charge in [0, 0.05) is 23.7 Å². The number of fused-ring (bicyclic) bond motifs is 1. The first-order valence-corrected chi connectivity index (χ1v) is 10.5. The third-order valence-corrected chi connectivity index (χ3v) is 5.70. The van der Waals surface area contributed by atoms with Crippen molar-refractivity contribution >= 4 is 56.6 Å². The van der Waals surface area contributed by atoms with Gasteiger partial charge in [-0.2, -0.15) is 0 Å². The van der Waals surface area contributed by atoms with Crippen LogP contribution in [0.15, 0.2) is 48.5 Å². The van der Waals surface area contributed by atoms with Gasteiger partial charge in [0.15, 0.2) is 0 Å². The van der Waals surface area contributed by atoms with Gasteiger partial charge in [-0.05, 0) is 37.3 Å². The third-order valence-electron chi connectivity index (χ3n) is 3.54. The van der Waals surface area contributed by atoms with Crippen LogP contribution in [0.1, 0.15) is 11.9 Å². The van der Waals surface area contributed by atoms with E-state index in [9.17, 15) is 9.59 Å². The summed E-state index contributed by atoms with van der Waals surface area (Å²) in [5.41, 5.74) is 2.27. The molecule has 1 aromatic heterocycles. The van der Waals surface area contributed by atoms with Crippen molar-refractivity contribution in [2.45, 2.75) is 12.7 Å². The number of aromatic nitrogens is 1. The highest BCUT2D eigenvalue weighted by Gasteiger charge is 2.07. The van der Waals surface area contributed by atoms with E-state index in [1.165, 1.54) is 11.8 Å². The number of anilines is 2. The van der Waals surface area contributed by atoms with Crippen LogP contribution < -0.4 is 16.0 Å². The van der Waals surface area contributed by atoms with E-state index < -0.39 is 0 Å². The molecule has 8 heteroatoms. The maximum absolute atomic E-state index is 12.2. The number of nitrogens with zero attached hydrogens (tertiary/aromatic N) is 1. The van der Waals surface area contributed by atoms with E-state index in [1.807, 2.05) is 25.1 Å². The Kier molecular flexibility index (Phi) is 6.67. The van der Waals surface area contributed by atoms with Crippen LogP contribution in [0.2, 0.25) is 0 Å². The summed E-state index contributed by atoms with van der Waals surface area (Å²) in [5.74, 6) is 0.950. The molecule has 0 saturated carbocycles. The molecule has 3 aromatic rings. The van der Waals surface area contributed by atoms with Crippen molar-refractivity contribution in [3.63, 3.8) is 0 Å². The molecule has 27 heavy (non-hydrogen) atoms. The number of benzene rings is 2. The second-order valence-corrected chi connectivity index (χ2v) is 7.78. The summed E-state index contributed by atoms with van der Waals surface area (Å²) in [6, 6.07) is 14.8. The molecule has 0 unspecified atom stereocenters. The largest absolute Gasteiger partial charge is 0.338 e. The predicted octanol–water partition coefficient (Wildman–Crippen LogP) is 4.31. The summed E-state index contributed by atoms with van der Waals surface area (Å²) < 4.78 is 1.16. The normalized spacial score (nSPS) is 10.6. The molecule has 0 aliphatic carbocycles. The summed E-state index contributed by atoms with van der Waals surface area (Å²) in [6.45, 7) is 2.40. The molecule has 0 aliphatic heterocycles. The van der Waals surface area contributed by atoms with E-state index in [0.29, 0.717) is 29.4 Å². The van der Waals surface area contributed by atoms with Crippen LogP contribution in [-0.4, -0.2) is 29.2 Å². The van der Waals surface area contributed by atoms with Gasteiger partial charge in [0.05, 0.1) is 16.0 Å². The molecule has 0 spiro atoms. The lowest BCUT2D eigenvalue weighted by molar-refractivity contribution is -0.113. The standard InChI is InChI=1S/C19H20N4O2S2/c1-2-20-19(25)22-14-7-5-6-13(10-14)21-17(24)11-26-12-18-23-15-8-3-4-9-16(15)27-18/h3-10H,2,11-12H2,1H3,(H,21,24)(H2,20,22,25). The Hall–Kier alpha value is -2.58. The highest BCUT2D eigenvalue weighted by atomic mass is 32.2. The number of thioether (sulfide) groups is 1. The fourth-order valence-corrected chi connectivity index (χ4v) is 4.27. The van der Waals surface area contributed by atoms with E-state index in [4.69, 9.17) is 0 Å². The summed E-state index contributed by atoms with van der Waals surface area (Å²) in [4.78, 5) is 28.3. The first-order valence-electron chi connectivity index (χ1n) is 8.51. The van der Waals surface area contributed by atoms with Crippen LogP contribution in [-0.2, 0) is 10.5 Å². The topological polar surface area (TPSA) is 83.1 Å². The lowest BCUT2D eigenvalue weighted by Gasteiger charge is -2.09. The minimum absolute atomic E-state index is 0.0868. The van der Waals surface area contributed by atoms with Crippen LogP contribution in [0.4, 0.5) is 16.2 Å². The molecule has 3 amide bonds. The van der Waals surface area contributed by atoms with Gasteiger partial charge in [-0.15, -0.1) is 23.1 Å². The number of urea groups is 1. The number of thiazole rings is 1. The Balaban J connectivity index is 1.48. The zero-order valence-corrected chi connectivity index (χ0v) is 16.5. The predicted molar refractivity (Wildman–Crippen MR) is 114 cm³/mol. The zero-order valence-electron chi connectivity index (χ0n) is 14.8. The molecule has 0 saturated heterocycles. The second-order valence-electron chi connectivity index (χ2n) is 5.68. The summed E-state index contributed by atoms with van der Waals surface area (Å²) in [5, 5.41) is 9.25. The van der Waals surface area contributed by atoms with Gasteiger partial charge in [0.25, 0.3) is 0 Å². The van der Waals surface area contributed by atoms with Gasteiger partial charge < -0.3 is 16.0 Å². The number of carbonyl (C=O) groups is 2. The number of hydrogen-bond acceptors (Lipinski definition) is 5. The Morgan fingerprint density at radius 2 is 1.85 bits per heavy atom. The van der Waals surface area contributed by atoms with Crippen LogP contribution in [0.5, 0.6) is 0 Å². The van der Waals surface area contributed by atoms with Crippen molar-refractivity contribution < 1.29 is 9.59 Å². The number of nitrogens with one attached hydrogen (secondary N) is 3. The highest BCUT2D eigenvalue weighted by molar-refractivity contribution is 7.99. The Morgan fingerprint density at radius 1 is 1.07 bits per heavy atom. The third kappa shape index (κ3) is 5.70. The summed E-state index contributed by atoms with van der Waals surface area (Å²) in [7, 11) is 0. The zero-order chi connectivity index (χ0) is 19.1. The lowest BCUT2D eigenvalue weighted by atomic mass is 10.3. The molecule has 0 aliphatic rings. The maximum Gasteiger partial charge on any atom is 0.319 e. The van der Waals surface area contributed by atoms with E-state index in [2.05, 4.69) is 27.0 Å². The fourth-order valence-electron chi connectivity index (χ4n) is 2.42. The van der Waals surface area contributed by atoms with Gasteiger partial charge in [-0.25, -0.2) is 9.78 Å². The fraction of sp³-hybridized carbons (Fsp3) is 0.211.